The van der Waals surface area contributed by atoms with Gasteiger partial charge in [0.15, 0.2) is 0 Å². The fourth-order valence-electron chi connectivity index (χ4n) is 4.80. The normalized spacial score (nSPS) is 13.8. The van der Waals surface area contributed by atoms with Crippen molar-refractivity contribution in [2.75, 3.05) is 13.1 Å². The lowest BCUT2D eigenvalue weighted by atomic mass is 9.87. The monoisotopic (exact) mass is 592 g/mol. The molecule has 40 heavy (non-hydrogen) atoms. The van der Waals surface area contributed by atoms with E-state index in [1.165, 1.54) is 0 Å². The summed E-state index contributed by atoms with van der Waals surface area (Å²) in [4.78, 5) is -3.01. The zero-order chi connectivity index (χ0) is 29.9. The fraction of sp³-hybridized carbons (Fsp3) is 0.462. The first-order chi connectivity index (χ1) is 18.4. The Kier molecular flexibility index (Phi) is 9.55. The molecular weight excluding hydrogens is 568 g/mol. The highest BCUT2D eigenvalue weighted by Crippen LogP contribution is 2.37. The van der Waals surface area contributed by atoms with Crippen LogP contribution in [0.2, 0.25) is 0 Å². The first-order valence-corrected chi connectivity index (χ1v) is 12.2. The average Bonchev–Trinajstić information content (AvgIpc) is 2.81. The van der Waals surface area contributed by atoms with Crippen LogP contribution in [-0.4, -0.2) is 48.1 Å². The van der Waals surface area contributed by atoms with Gasteiger partial charge in [-0.3, -0.25) is 0 Å². The number of hydrogen-bond donors (Lipinski definition) is 0. The molecule has 222 valence electrons. The molecule has 0 saturated carbocycles. The van der Waals surface area contributed by atoms with Crippen molar-refractivity contribution in [3.05, 3.63) is 59.7 Å². The first kappa shape index (κ1) is 31.8. The predicted molar refractivity (Wildman–Crippen MR) is 125 cm³/mol. The molecule has 0 atom stereocenters. The zero-order valence-electron chi connectivity index (χ0n) is 20.7. The second kappa shape index (κ2) is 12.0. The van der Waals surface area contributed by atoms with E-state index in [1.54, 1.807) is 48.5 Å². The van der Waals surface area contributed by atoms with Gasteiger partial charge in [-0.1, -0.05) is 48.5 Å². The lowest BCUT2D eigenvalue weighted by Crippen LogP contribution is -2.48. The maximum absolute atomic E-state index is 12.9. The minimum atomic E-state index is -5.61. The standard InChI is InChI=1S/C26H24F12N2/c27-23(28,29)39(24(30,31)32)15-7-5-13-21-19-11-3-1-9-17(19)18-10-2-4-12-20(18)22(21)14-6-8-16-40(25(33,34)35)26(36,37)38/h1-4,9-12H,5-8,13-16H2. The van der Waals surface area contributed by atoms with Gasteiger partial charge in [0.1, 0.15) is 0 Å². The summed E-state index contributed by atoms with van der Waals surface area (Å²) in [5.74, 6) is 0. The van der Waals surface area contributed by atoms with Gasteiger partial charge in [0, 0.05) is 13.1 Å². The van der Waals surface area contributed by atoms with E-state index in [-0.39, 0.29) is 25.7 Å². The minimum absolute atomic E-state index is 0.0570. The number of hydrogen-bond acceptors (Lipinski definition) is 2. The highest BCUT2D eigenvalue weighted by molar-refractivity contribution is 6.10. The van der Waals surface area contributed by atoms with Crippen molar-refractivity contribution < 1.29 is 52.7 Å². The van der Waals surface area contributed by atoms with Crippen molar-refractivity contribution in [3.63, 3.8) is 0 Å². The Hall–Kier alpha value is -2.74. The van der Waals surface area contributed by atoms with Crippen LogP contribution in [0.1, 0.15) is 36.8 Å². The zero-order valence-corrected chi connectivity index (χ0v) is 20.7. The van der Waals surface area contributed by atoms with Gasteiger partial charge >= 0.3 is 25.2 Å². The average molecular weight is 592 g/mol. The van der Waals surface area contributed by atoms with E-state index in [2.05, 4.69) is 0 Å². The van der Waals surface area contributed by atoms with Crippen molar-refractivity contribution in [1.82, 2.24) is 9.80 Å². The van der Waals surface area contributed by atoms with Gasteiger partial charge in [0.05, 0.1) is 0 Å². The van der Waals surface area contributed by atoms with Crippen LogP contribution in [0.5, 0.6) is 0 Å². The molecule has 3 aromatic carbocycles. The number of halogens is 12. The maximum Gasteiger partial charge on any atom is 0.467 e. The maximum atomic E-state index is 12.9. The largest absolute Gasteiger partial charge is 0.467 e. The van der Waals surface area contributed by atoms with E-state index >= 15 is 0 Å². The highest BCUT2D eigenvalue weighted by atomic mass is 19.4. The molecule has 14 heteroatoms. The van der Waals surface area contributed by atoms with Gasteiger partial charge in [0.25, 0.3) is 0 Å². The molecule has 0 aliphatic carbocycles. The lowest BCUT2D eigenvalue weighted by molar-refractivity contribution is -0.374. The molecule has 0 aliphatic rings. The van der Waals surface area contributed by atoms with Gasteiger partial charge in [0.2, 0.25) is 0 Å². The summed E-state index contributed by atoms with van der Waals surface area (Å²) >= 11 is 0. The quantitative estimate of drug-likeness (QED) is 0.100. The van der Waals surface area contributed by atoms with E-state index < -0.39 is 60.9 Å². The Labute approximate surface area is 221 Å². The Balaban J connectivity index is 1.88. The van der Waals surface area contributed by atoms with Crippen LogP contribution in [0.3, 0.4) is 0 Å². The molecule has 2 nitrogen and oxygen atoms in total. The fourth-order valence-corrected chi connectivity index (χ4v) is 4.80. The SMILES string of the molecule is FC(F)(F)N(CCCCc1c(CCCCN(C(F)(F)F)C(F)(F)F)c2ccccc2c2ccccc12)C(F)(F)F. The second-order valence-corrected chi connectivity index (χ2v) is 9.14. The van der Waals surface area contributed by atoms with E-state index in [9.17, 15) is 52.7 Å². The van der Waals surface area contributed by atoms with Gasteiger partial charge in [-0.25, -0.2) is 0 Å². The molecule has 0 N–H and O–H groups in total. The van der Waals surface area contributed by atoms with Crippen LogP contribution in [0, 0.1) is 0 Å². The van der Waals surface area contributed by atoms with Crippen molar-refractivity contribution in [1.29, 1.82) is 0 Å². The van der Waals surface area contributed by atoms with Gasteiger partial charge in [-0.15, -0.1) is 9.80 Å². The van der Waals surface area contributed by atoms with Crippen LogP contribution >= 0.6 is 0 Å². The number of alkyl halides is 12. The third-order valence-corrected chi connectivity index (χ3v) is 6.50. The van der Waals surface area contributed by atoms with Crippen LogP contribution in [0.4, 0.5) is 52.7 Å². The van der Waals surface area contributed by atoms with Crippen molar-refractivity contribution >= 4 is 21.5 Å². The Bertz CT molecular complexity index is 1150. The number of rotatable bonds is 10. The minimum Gasteiger partial charge on any atom is -0.155 e. The summed E-state index contributed by atoms with van der Waals surface area (Å²) < 4.78 is 154. The lowest BCUT2D eigenvalue weighted by Gasteiger charge is -2.27. The van der Waals surface area contributed by atoms with Crippen molar-refractivity contribution in [2.24, 2.45) is 0 Å². The van der Waals surface area contributed by atoms with E-state index in [1.807, 2.05) is 0 Å². The summed E-state index contributed by atoms with van der Waals surface area (Å²) in [6.45, 7) is -2.64. The van der Waals surface area contributed by atoms with Crippen LogP contribution in [0.15, 0.2) is 48.5 Å². The number of nitrogens with zero attached hydrogens (tertiary/aromatic N) is 2. The Morgan fingerprint density at radius 2 is 0.675 bits per heavy atom. The summed E-state index contributed by atoms with van der Waals surface area (Å²) in [6, 6.07) is 13.8. The molecule has 0 bridgehead atoms. The molecule has 0 aliphatic heterocycles. The van der Waals surface area contributed by atoms with Crippen molar-refractivity contribution in [2.45, 2.75) is 63.7 Å². The van der Waals surface area contributed by atoms with Crippen molar-refractivity contribution in [3.8, 4) is 0 Å². The predicted octanol–water partition coefficient (Wildman–Crippen LogP) is 9.32. The van der Waals surface area contributed by atoms with Gasteiger partial charge in [-0.05, 0) is 71.2 Å². The Morgan fingerprint density at radius 3 is 0.950 bits per heavy atom. The summed E-state index contributed by atoms with van der Waals surface area (Å²) in [5, 5.41) is 2.83. The molecule has 0 heterocycles. The summed E-state index contributed by atoms with van der Waals surface area (Å²) in [5.41, 5.74) is 1.17. The van der Waals surface area contributed by atoms with Gasteiger partial charge < -0.3 is 0 Å². The molecule has 0 radical (unpaired) electrons. The number of fused-ring (bicyclic) bond motifs is 3. The van der Waals surface area contributed by atoms with E-state index in [0.717, 1.165) is 10.8 Å². The number of unbranched alkanes of at least 4 members (excludes halogenated alkanes) is 2. The highest BCUT2D eigenvalue weighted by Gasteiger charge is 2.54. The van der Waals surface area contributed by atoms with Crippen LogP contribution in [-0.2, 0) is 12.8 Å². The second-order valence-electron chi connectivity index (χ2n) is 9.14. The molecule has 0 fully saturated rings. The smallest absolute Gasteiger partial charge is 0.155 e. The molecule has 3 rings (SSSR count). The van der Waals surface area contributed by atoms with Gasteiger partial charge in [-0.2, -0.15) is 52.7 Å². The van der Waals surface area contributed by atoms with Crippen LogP contribution < -0.4 is 0 Å². The van der Waals surface area contributed by atoms with E-state index in [0.29, 0.717) is 21.9 Å². The molecule has 0 amide bonds. The molecule has 0 saturated heterocycles. The Morgan fingerprint density at radius 1 is 0.400 bits per heavy atom. The third kappa shape index (κ3) is 7.71. The topological polar surface area (TPSA) is 6.48 Å². The number of benzene rings is 3. The molecule has 3 aromatic rings. The molecule has 0 spiro atoms. The molecular formula is C26H24F12N2. The summed E-state index contributed by atoms with van der Waals surface area (Å²) in [7, 11) is 0. The molecule has 0 unspecified atom stereocenters. The summed E-state index contributed by atoms with van der Waals surface area (Å²) in [6.07, 6.45) is -23.4. The third-order valence-electron chi connectivity index (χ3n) is 6.50. The first-order valence-electron chi connectivity index (χ1n) is 12.2. The van der Waals surface area contributed by atoms with Crippen LogP contribution in [0.25, 0.3) is 21.5 Å². The molecule has 0 aromatic heterocycles. The van der Waals surface area contributed by atoms with E-state index in [4.69, 9.17) is 0 Å². The number of aryl methyl sites for hydroxylation is 2.